The number of pyridine rings is 2. The molecule has 388 valence electrons. The maximum absolute atomic E-state index is 14.4. The molecule has 8 aromatic rings. The lowest BCUT2D eigenvalue weighted by Crippen LogP contribution is -2.34. The second-order valence-electron chi connectivity index (χ2n) is 17.5. The van der Waals surface area contributed by atoms with E-state index in [1.165, 1.54) is 63.7 Å². The van der Waals surface area contributed by atoms with Crippen molar-refractivity contribution >= 4 is 78.8 Å². The molecule has 0 aliphatic carbocycles. The normalized spacial score (nSPS) is 12.2. The highest BCUT2D eigenvalue weighted by Crippen LogP contribution is 2.38. The second-order valence-corrected chi connectivity index (χ2v) is 20.7. The van der Waals surface area contributed by atoms with Gasteiger partial charge in [-0.2, -0.15) is 14.4 Å². The van der Waals surface area contributed by atoms with Gasteiger partial charge in [0.2, 0.25) is 0 Å². The fourth-order valence-electron chi connectivity index (χ4n) is 7.10. The van der Waals surface area contributed by atoms with Crippen LogP contribution in [0.15, 0.2) is 120 Å². The van der Waals surface area contributed by atoms with E-state index in [1.54, 1.807) is 35.3 Å². The summed E-state index contributed by atoms with van der Waals surface area (Å²) < 4.78 is 71.3. The highest BCUT2D eigenvalue weighted by molar-refractivity contribution is 7.91. The predicted octanol–water partition coefficient (Wildman–Crippen LogP) is 12.1. The van der Waals surface area contributed by atoms with Gasteiger partial charge < -0.3 is 20.3 Å². The molecule has 75 heavy (non-hydrogen) atoms. The molecule has 5 aromatic heterocycles. The monoisotopic (exact) mass is 1080 g/mol. The van der Waals surface area contributed by atoms with Gasteiger partial charge in [0.25, 0.3) is 11.6 Å². The third-order valence-corrected chi connectivity index (χ3v) is 13.3. The number of hydrogen-bond donors (Lipinski definition) is 5. The van der Waals surface area contributed by atoms with Gasteiger partial charge in [-0.05, 0) is 140 Å². The van der Waals surface area contributed by atoms with Crippen LogP contribution in [0.3, 0.4) is 0 Å². The van der Waals surface area contributed by atoms with Crippen LogP contribution in [-0.4, -0.2) is 64.5 Å². The van der Waals surface area contributed by atoms with Gasteiger partial charge in [-0.1, -0.05) is 53.0 Å². The summed E-state index contributed by atoms with van der Waals surface area (Å²) in [6, 6.07) is 20.4. The molecule has 25 heteroatoms. The minimum atomic E-state index is -3.74. The number of rotatable bonds is 12. The zero-order valence-electron chi connectivity index (χ0n) is 41.7. The minimum Gasteiger partial charge on any atom is -0.361 e. The van der Waals surface area contributed by atoms with Gasteiger partial charge in [0.1, 0.15) is 35.1 Å². The van der Waals surface area contributed by atoms with E-state index in [2.05, 4.69) is 60.2 Å². The molecule has 0 saturated heterocycles. The van der Waals surface area contributed by atoms with Crippen LogP contribution in [-0.2, 0) is 20.9 Å². The highest BCUT2D eigenvalue weighted by Gasteiger charge is 2.23. The summed E-state index contributed by atoms with van der Waals surface area (Å²) in [5.74, 6) is -1.00. The molecule has 0 spiro atoms. The van der Waals surface area contributed by atoms with E-state index in [1.807, 2.05) is 79.7 Å². The van der Waals surface area contributed by atoms with Crippen LogP contribution in [0, 0.1) is 29.6 Å². The Balaban J connectivity index is 0.000000205. The molecule has 5 N–H and O–H groups in total. The topological polar surface area (TPSA) is 241 Å². The lowest BCUT2D eigenvalue weighted by Gasteiger charge is -2.19. The minimum absolute atomic E-state index is 0.00106. The van der Waals surface area contributed by atoms with Crippen molar-refractivity contribution < 1.29 is 26.8 Å². The molecule has 0 fully saturated rings. The summed E-state index contributed by atoms with van der Waals surface area (Å²) >= 11 is 5.62. The lowest BCUT2D eigenvalue weighted by molar-refractivity contribution is 0.256. The fraction of sp³-hybridized carbons (Fsp3) is 0.240. The number of para-hydroxylation sites is 1. The Kier molecular flexibility index (Phi) is 18.3. The van der Waals surface area contributed by atoms with Gasteiger partial charge in [0, 0.05) is 47.4 Å². The first kappa shape index (κ1) is 55.9. The number of carbonyl (C=O) groups excluding carboxylic acids is 2. The Morgan fingerprint density at radius 3 is 1.71 bits per heavy atom. The van der Waals surface area contributed by atoms with E-state index in [0.29, 0.717) is 39.1 Å². The summed E-state index contributed by atoms with van der Waals surface area (Å²) in [6.07, 6.45) is 6.15. The number of amides is 4. The Labute approximate surface area is 439 Å². The molecule has 0 saturated carbocycles. The number of anilines is 2. The van der Waals surface area contributed by atoms with Gasteiger partial charge in [-0.3, -0.25) is 14.1 Å². The molecular weight excluding hydrogens is 1030 g/mol. The molecule has 20 nitrogen and oxygen atoms in total. The number of aromatic nitrogens is 9. The van der Waals surface area contributed by atoms with E-state index < -0.39 is 44.6 Å². The van der Waals surface area contributed by atoms with Crippen LogP contribution in [0.1, 0.15) is 90.4 Å². The van der Waals surface area contributed by atoms with Crippen LogP contribution in [0.4, 0.5) is 41.4 Å². The summed E-state index contributed by atoms with van der Waals surface area (Å²) in [4.78, 5) is 40.0. The molecule has 3 aromatic carbocycles. The first-order valence-electron chi connectivity index (χ1n) is 22.9. The zero-order valence-corrected chi connectivity index (χ0v) is 44.1. The quantitative estimate of drug-likeness (QED) is 0.0725. The molecule has 0 radical (unpaired) electrons. The van der Waals surface area contributed by atoms with Crippen molar-refractivity contribution in [2.24, 2.45) is 0 Å². The van der Waals surface area contributed by atoms with E-state index in [0.717, 1.165) is 11.0 Å². The molecule has 5 heterocycles. The van der Waals surface area contributed by atoms with Gasteiger partial charge >= 0.3 is 12.1 Å². The number of nitrogens with one attached hydrogen (secondary N) is 5. The molecule has 8 rings (SSSR count). The summed E-state index contributed by atoms with van der Waals surface area (Å²) in [5, 5.41) is 21.2. The Hall–Kier alpha value is -8.45. The first-order valence-corrected chi connectivity index (χ1v) is 25.9. The molecule has 4 amide bonds. The number of hydrogen-bond acceptors (Lipinski definition) is 11. The largest absolute Gasteiger partial charge is 0.361 e. The smallest absolute Gasteiger partial charge is 0.332 e. The van der Waals surface area contributed by atoms with E-state index in [9.17, 15) is 26.8 Å². The average molecular weight is 1080 g/mol. The third kappa shape index (κ3) is 14.2. The predicted molar refractivity (Wildman–Crippen MR) is 284 cm³/mol. The summed E-state index contributed by atoms with van der Waals surface area (Å²) in [5.41, 5.74) is 5.11. The van der Waals surface area contributed by atoms with Crippen LogP contribution in [0.5, 0.6) is 0 Å². The SMILES string of the molecule is Cln1nnc2ccccc21.[C-]#[N+]c1cc(-c2cc(F)cc(C(C)C)c2NC(=O)NS(=N)(=O)c2ccn(C(C)C)n2)ccn1.[C-]#[N+]c1cc(-c2cc(F)cc(C(C)C)c2NC(=O)NS(=O)c2ccn(C(C)C)n2)ccn1. The fourth-order valence-corrected chi connectivity index (χ4v) is 8.83. The van der Waals surface area contributed by atoms with Crippen molar-refractivity contribution in [3.63, 3.8) is 0 Å². The van der Waals surface area contributed by atoms with Gasteiger partial charge in [-0.25, -0.2) is 36.3 Å². The van der Waals surface area contributed by atoms with Crippen LogP contribution >= 0.6 is 11.8 Å². The molecule has 0 aliphatic rings. The molecule has 2 atom stereocenters. The van der Waals surface area contributed by atoms with Crippen molar-refractivity contribution in [3.05, 3.63) is 155 Å². The number of nitrogens with zero attached hydrogens (tertiary/aromatic N) is 11. The van der Waals surface area contributed by atoms with Crippen LogP contribution in [0.2, 0.25) is 0 Å². The van der Waals surface area contributed by atoms with Crippen molar-refractivity contribution in [1.82, 2.24) is 53.5 Å². The summed E-state index contributed by atoms with van der Waals surface area (Å²) in [6.45, 7) is 29.4. The Morgan fingerprint density at radius 1 is 0.720 bits per heavy atom. The number of fused-ring (bicyclic) bond motifs is 1. The van der Waals surface area contributed by atoms with Crippen molar-refractivity contribution in [1.29, 1.82) is 4.78 Å². The van der Waals surface area contributed by atoms with Gasteiger partial charge in [-0.15, -0.1) is 15.1 Å². The van der Waals surface area contributed by atoms with Crippen molar-refractivity contribution in [2.75, 3.05) is 10.6 Å². The number of carbonyl (C=O) groups is 2. The van der Waals surface area contributed by atoms with E-state index in [-0.39, 0.29) is 51.3 Å². The Bertz CT molecular complexity index is 3600. The zero-order chi connectivity index (χ0) is 54.7. The van der Waals surface area contributed by atoms with Crippen molar-refractivity contribution in [3.8, 4) is 22.3 Å². The molecule has 2 unspecified atom stereocenters. The van der Waals surface area contributed by atoms with Crippen molar-refractivity contribution in [2.45, 2.75) is 89.4 Å². The second kappa shape index (κ2) is 24.5. The van der Waals surface area contributed by atoms with E-state index >= 15 is 0 Å². The van der Waals surface area contributed by atoms with Crippen LogP contribution < -0.4 is 20.1 Å². The first-order chi connectivity index (χ1) is 35.6. The third-order valence-electron chi connectivity index (χ3n) is 10.8. The van der Waals surface area contributed by atoms with Gasteiger partial charge in [0.15, 0.2) is 31.0 Å². The number of halogens is 3. The average Bonchev–Trinajstić information content (AvgIpc) is 4.17. The molecule has 0 aliphatic heterocycles. The standard InChI is InChI=1S/C22H24FN7O2S.C22H23FN6O2S.C6H4ClN3/c1-13(2)17-11-16(23)12-18(15-6-8-26-19(10-15)25-5)21(17)27-22(31)29-33(24,32)20-7-9-30(28-20)14(3)4;1-13(2)17-11-16(23)12-18(15-6-8-25-19(10-15)24-5)21(17)26-22(30)28-32(31)20-7-9-29(27-20)14(3)4;7-10-6-4-2-1-3-5(6)8-9-10/h6-14H,1-4H3,(H3,24,27,29,31,32);6-14H,1-4H3,(H2,26,28,30);1-4H. The number of urea groups is 2. The molecular formula is C50H51ClF2N16O4S2. The lowest BCUT2D eigenvalue weighted by atomic mass is 9.94. The number of benzene rings is 3. The van der Waals surface area contributed by atoms with Gasteiger partial charge in [0.05, 0.1) is 11.4 Å². The maximum atomic E-state index is 14.4. The van der Waals surface area contributed by atoms with Crippen LogP contribution in [0.25, 0.3) is 43.0 Å². The summed E-state index contributed by atoms with van der Waals surface area (Å²) in [7, 11) is -5.62. The molecule has 0 bridgehead atoms. The highest BCUT2D eigenvalue weighted by atomic mass is 35.5. The Morgan fingerprint density at radius 2 is 1.23 bits per heavy atom. The maximum Gasteiger partial charge on any atom is 0.332 e. The van der Waals surface area contributed by atoms with E-state index in [4.69, 9.17) is 29.7 Å².